The molecule has 1 saturated carbocycles. The van der Waals surface area contributed by atoms with Gasteiger partial charge in [0.1, 0.15) is 6.54 Å². The van der Waals surface area contributed by atoms with E-state index in [2.05, 4.69) is 5.32 Å². The second kappa shape index (κ2) is 6.89. The summed E-state index contributed by atoms with van der Waals surface area (Å²) in [5, 5.41) is 12.2. The third kappa shape index (κ3) is 6.05. The fourth-order valence-corrected chi connectivity index (χ4v) is 2.47. The van der Waals surface area contributed by atoms with Gasteiger partial charge in [-0.25, -0.2) is 0 Å². The summed E-state index contributed by atoms with van der Waals surface area (Å²) in [6.45, 7) is 6.56. The van der Waals surface area contributed by atoms with Gasteiger partial charge in [0.15, 0.2) is 0 Å². The van der Waals surface area contributed by atoms with Crippen LogP contribution in [0.4, 0.5) is 0 Å². The Kier molecular flexibility index (Phi) is 5.79. The van der Waals surface area contributed by atoms with Crippen molar-refractivity contribution in [2.45, 2.75) is 64.5 Å². The fraction of sp³-hybridized carbons (Fsp3) is 0.857. The summed E-state index contributed by atoms with van der Waals surface area (Å²) in [5.74, 6) is -0.977. The largest absolute Gasteiger partial charge is 0.480 e. The maximum Gasteiger partial charge on any atom is 0.323 e. The SMILES string of the molecule is CC(C)(C)NCCC(=O)N(CC(=O)O)C1CCCC1. The Labute approximate surface area is 115 Å². The molecule has 1 aliphatic rings. The van der Waals surface area contributed by atoms with Crippen molar-refractivity contribution in [1.29, 1.82) is 0 Å². The van der Waals surface area contributed by atoms with Crippen LogP contribution >= 0.6 is 0 Å². The van der Waals surface area contributed by atoms with Gasteiger partial charge in [0.05, 0.1) is 0 Å². The monoisotopic (exact) mass is 270 g/mol. The highest BCUT2D eigenvalue weighted by Crippen LogP contribution is 2.23. The number of carbonyl (C=O) groups is 2. The zero-order chi connectivity index (χ0) is 14.5. The van der Waals surface area contributed by atoms with Crippen LogP contribution in [0, 0.1) is 0 Å². The molecule has 0 atom stereocenters. The predicted octanol–water partition coefficient (Wildman–Crippen LogP) is 1.62. The molecule has 0 unspecified atom stereocenters. The molecule has 19 heavy (non-hydrogen) atoms. The molecule has 0 bridgehead atoms. The number of amides is 1. The average molecular weight is 270 g/mol. The van der Waals surface area contributed by atoms with Crippen molar-refractivity contribution in [3.05, 3.63) is 0 Å². The first-order valence-electron chi connectivity index (χ1n) is 7.06. The molecule has 0 radical (unpaired) electrons. The van der Waals surface area contributed by atoms with E-state index in [9.17, 15) is 9.59 Å². The smallest absolute Gasteiger partial charge is 0.323 e. The van der Waals surface area contributed by atoms with E-state index in [4.69, 9.17) is 5.11 Å². The molecule has 1 rings (SSSR count). The zero-order valence-electron chi connectivity index (χ0n) is 12.2. The van der Waals surface area contributed by atoms with Crippen molar-refractivity contribution in [2.75, 3.05) is 13.1 Å². The quantitative estimate of drug-likeness (QED) is 0.769. The van der Waals surface area contributed by atoms with Gasteiger partial charge in [-0.2, -0.15) is 0 Å². The molecule has 0 aromatic heterocycles. The Morgan fingerprint density at radius 2 is 1.84 bits per heavy atom. The lowest BCUT2D eigenvalue weighted by molar-refractivity contribution is -0.146. The molecule has 5 nitrogen and oxygen atoms in total. The minimum Gasteiger partial charge on any atom is -0.480 e. The summed E-state index contributed by atoms with van der Waals surface area (Å²) < 4.78 is 0. The Bertz CT molecular complexity index is 317. The molecule has 110 valence electrons. The van der Waals surface area contributed by atoms with Crippen LogP contribution in [0.2, 0.25) is 0 Å². The van der Waals surface area contributed by atoms with E-state index in [1.165, 1.54) is 0 Å². The Morgan fingerprint density at radius 3 is 2.32 bits per heavy atom. The number of carbonyl (C=O) groups excluding carboxylic acids is 1. The number of nitrogens with one attached hydrogen (secondary N) is 1. The van der Waals surface area contributed by atoms with Crippen molar-refractivity contribution in [2.24, 2.45) is 0 Å². The van der Waals surface area contributed by atoms with Crippen molar-refractivity contribution >= 4 is 11.9 Å². The molecule has 5 heteroatoms. The number of carboxylic acid groups (broad SMARTS) is 1. The molecule has 0 spiro atoms. The van der Waals surface area contributed by atoms with Gasteiger partial charge < -0.3 is 15.3 Å². The summed E-state index contributed by atoms with van der Waals surface area (Å²) >= 11 is 0. The van der Waals surface area contributed by atoms with E-state index >= 15 is 0 Å². The first kappa shape index (κ1) is 16.0. The molecule has 0 saturated heterocycles. The van der Waals surface area contributed by atoms with Crippen molar-refractivity contribution in [3.63, 3.8) is 0 Å². The molecule has 0 heterocycles. The van der Waals surface area contributed by atoms with E-state index < -0.39 is 5.97 Å². The van der Waals surface area contributed by atoms with Gasteiger partial charge in [-0.1, -0.05) is 12.8 Å². The van der Waals surface area contributed by atoms with E-state index in [0.717, 1.165) is 25.7 Å². The summed E-state index contributed by atoms with van der Waals surface area (Å²) in [4.78, 5) is 24.6. The highest BCUT2D eigenvalue weighted by Gasteiger charge is 2.28. The molecule has 0 aliphatic heterocycles. The second-order valence-corrected chi connectivity index (χ2v) is 6.28. The lowest BCUT2D eigenvalue weighted by atomic mass is 10.1. The predicted molar refractivity (Wildman–Crippen MR) is 74.0 cm³/mol. The normalized spacial score (nSPS) is 16.6. The van der Waals surface area contributed by atoms with Gasteiger partial charge >= 0.3 is 5.97 Å². The van der Waals surface area contributed by atoms with Crippen LogP contribution in [0.25, 0.3) is 0 Å². The van der Waals surface area contributed by atoms with Crippen LogP contribution in [-0.2, 0) is 9.59 Å². The third-order valence-corrected chi connectivity index (χ3v) is 3.39. The molecule has 2 N–H and O–H groups in total. The van der Waals surface area contributed by atoms with Gasteiger partial charge in [0.25, 0.3) is 0 Å². The Balaban J connectivity index is 2.49. The van der Waals surface area contributed by atoms with Crippen LogP contribution in [0.3, 0.4) is 0 Å². The molecule has 1 amide bonds. The molecule has 0 aromatic rings. The number of nitrogens with zero attached hydrogens (tertiary/aromatic N) is 1. The topological polar surface area (TPSA) is 69.6 Å². The zero-order valence-corrected chi connectivity index (χ0v) is 12.2. The minimum absolute atomic E-state index is 0.0226. The van der Waals surface area contributed by atoms with E-state index in [0.29, 0.717) is 13.0 Å². The van der Waals surface area contributed by atoms with Gasteiger partial charge in [-0.05, 0) is 33.6 Å². The minimum atomic E-state index is -0.927. The lowest BCUT2D eigenvalue weighted by Crippen LogP contribution is -2.44. The molecular weight excluding hydrogens is 244 g/mol. The highest BCUT2D eigenvalue weighted by atomic mass is 16.4. The Morgan fingerprint density at radius 1 is 1.26 bits per heavy atom. The van der Waals surface area contributed by atoms with Gasteiger partial charge in [-0.15, -0.1) is 0 Å². The molecule has 0 aromatic carbocycles. The van der Waals surface area contributed by atoms with E-state index in [-0.39, 0.29) is 24.0 Å². The number of rotatable bonds is 6. The Hall–Kier alpha value is -1.10. The summed E-state index contributed by atoms with van der Waals surface area (Å²) in [6.07, 6.45) is 4.42. The molecular formula is C14H26N2O3. The maximum absolute atomic E-state index is 12.2. The van der Waals surface area contributed by atoms with Crippen LogP contribution in [0.15, 0.2) is 0 Å². The molecule has 1 aliphatic carbocycles. The summed E-state index contributed by atoms with van der Waals surface area (Å²) in [5.41, 5.74) is -0.0226. The van der Waals surface area contributed by atoms with Crippen molar-refractivity contribution < 1.29 is 14.7 Å². The van der Waals surface area contributed by atoms with Crippen LogP contribution in [-0.4, -0.2) is 46.6 Å². The number of aliphatic carboxylic acids is 1. The number of carboxylic acids is 1. The van der Waals surface area contributed by atoms with Gasteiger partial charge in [0.2, 0.25) is 5.91 Å². The number of hydrogen-bond acceptors (Lipinski definition) is 3. The average Bonchev–Trinajstić information content (AvgIpc) is 2.76. The summed E-state index contributed by atoms with van der Waals surface area (Å²) in [6, 6.07) is 0.123. The van der Waals surface area contributed by atoms with E-state index in [1.807, 2.05) is 20.8 Å². The van der Waals surface area contributed by atoms with Gasteiger partial charge in [0, 0.05) is 24.5 Å². The second-order valence-electron chi connectivity index (χ2n) is 6.28. The van der Waals surface area contributed by atoms with Crippen molar-refractivity contribution in [1.82, 2.24) is 10.2 Å². The highest BCUT2D eigenvalue weighted by molar-refractivity contribution is 5.81. The fourth-order valence-electron chi connectivity index (χ4n) is 2.47. The number of hydrogen-bond donors (Lipinski definition) is 2. The van der Waals surface area contributed by atoms with Gasteiger partial charge in [-0.3, -0.25) is 9.59 Å². The lowest BCUT2D eigenvalue weighted by Gasteiger charge is -2.28. The third-order valence-electron chi connectivity index (χ3n) is 3.39. The summed E-state index contributed by atoms with van der Waals surface area (Å²) in [7, 11) is 0. The first-order valence-corrected chi connectivity index (χ1v) is 7.06. The van der Waals surface area contributed by atoms with Crippen LogP contribution in [0.1, 0.15) is 52.9 Å². The first-order chi connectivity index (χ1) is 8.79. The van der Waals surface area contributed by atoms with Crippen molar-refractivity contribution in [3.8, 4) is 0 Å². The van der Waals surface area contributed by atoms with E-state index in [1.54, 1.807) is 4.90 Å². The van der Waals surface area contributed by atoms with Crippen LogP contribution in [0.5, 0.6) is 0 Å². The molecule has 1 fully saturated rings. The van der Waals surface area contributed by atoms with Crippen LogP contribution < -0.4 is 5.32 Å². The maximum atomic E-state index is 12.2. The standard InChI is InChI=1S/C14H26N2O3/c1-14(2,3)15-9-8-12(17)16(10-13(18)19)11-6-4-5-7-11/h11,15H,4-10H2,1-3H3,(H,18,19).